The highest BCUT2D eigenvalue weighted by molar-refractivity contribution is 5.25. The summed E-state index contributed by atoms with van der Waals surface area (Å²) < 4.78 is 14.0. The SMILES string of the molecule is O=[N+]([O-])[C@@H]1CN(Cc2ccccc2)C[C@H]1c1ccccc1F. The highest BCUT2D eigenvalue weighted by Crippen LogP contribution is 2.31. The van der Waals surface area contributed by atoms with E-state index in [1.807, 2.05) is 35.2 Å². The van der Waals surface area contributed by atoms with Crippen molar-refractivity contribution in [2.45, 2.75) is 18.5 Å². The summed E-state index contributed by atoms with van der Waals surface area (Å²) in [6.07, 6.45) is 0. The fraction of sp³-hybridized carbons (Fsp3) is 0.294. The van der Waals surface area contributed by atoms with Gasteiger partial charge in [-0.1, -0.05) is 48.5 Å². The number of rotatable bonds is 4. The molecule has 114 valence electrons. The average Bonchev–Trinajstić information content (AvgIpc) is 2.92. The van der Waals surface area contributed by atoms with Gasteiger partial charge in [-0.15, -0.1) is 0 Å². The summed E-state index contributed by atoms with van der Waals surface area (Å²) in [6, 6.07) is 15.4. The zero-order chi connectivity index (χ0) is 15.5. The normalized spacial score (nSPS) is 21.9. The van der Waals surface area contributed by atoms with Crippen molar-refractivity contribution in [3.63, 3.8) is 0 Å². The van der Waals surface area contributed by atoms with Crippen LogP contribution in [0, 0.1) is 15.9 Å². The zero-order valence-electron chi connectivity index (χ0n) is 12.1. The molecule has 1 aliphatic rings. The predicted octanol–water partition coefficient (Wildman–Crippen LogP) is 3.07. The van der Waals surface area contributed by atoms with Crippen molar-refractivity contribution in [1.82, 2.24) is 4.90 Å². The number of hydrogen-bond acceptors (Lipinski definition) is 3. The van der Waals surface area contributed by atoms with Crippen molar-refractivity contribution in [2.75, 3.05) is 13.1 Å². The highest BCUT2D eigenvalue weighted by Gasteiger charge is 2.42. The van der Waals surface area contributed by atoms with Crippen LogP contribution in [0.4, 0.5) is 4.39 Å². The largest absolute Gasteiger partial charge is 0.292 e. The summed E-state index contributed by atoms with van der Waals surface area (Å²) in [4.78, 5) is 13.1. The Hall–Kier alpha value is -2.27. The molecule has 0 spiro atoms. The van der Waals surface area contributed by atoms with Gasteiger partial charge < -0.3 is 0 Å². The average molecular weight is 300 g/mol. The smallest absolute Gasteiger partial charge is 0.233 e. The highest BCUT2D eigenvalue weighted by atomic mass is 19.1. The zero-order valence-corrected chi connectivity index (χ0v) is 12.1. The van der Waals surface area contributed by atoms with E-state index in [4.69, 9.17) is 0 Å². The maximum Gasteiger partial charge on any atom is 0.233 e. The summed E-state index contributed by atoms with van der Waals surface area (Å²) in [5.41, 5.74) is 1.55. The molecule has 1 heterocycles. The van der Waals surface area contributed by atoms with Crippen LogP contribution < -0.4 is 0 Å². The third kappa shape index (κ3) is 2.99. The Bertz CT molecular complexity index is 663. The second-order valence-corrected chi connectivity index (χ2v) is 5.66. The van der Waals surface area contributed by atoms with Gasteiger partial charge >= 0.3 is 0 Å². The van der Waals surface area contributed by atoms with Crippen LogP contribution in [0.5, 0.6) is 0 Å². The molecule has 0 saturated carbocycles. The quantitative estimate of drug-likeness (QED) is 0.644. The maximum atomic E-state index is 14.0. The van der Waals surface area contributed by atoms with E-state index in [0.717, 1.165) is 5.56 Å². The number of likely N-dealkylation sites (tertiary alicyclic amines) is 1. The van der Waals surface area contributed by atoms with Gasteiger partial charge in [-0.05, 0) is 17.2 Å². The first-order valence-electron chi connectivity index (χ1n) is 7.29. The molecule has 2 aromatic carbocycles. The first-order chi connectivity index (χ1) is 10.6. The topological polar surface area (TPSA) is 46.4 Å². The maximum absolute atomic E-state index is 14.0. The number of nitro groups is 1. The second kappa shape index (κ2) is 6.23. The minimum absolute atomic E-state index is 0.276. The lowest BCUT2D eigenvalue weighted by Gasteiger charge is -2.15. The van der Waals surface area contributed by atoms with Crippen molar-refractivity contribution < 1.29 is 9.31 Å². The lowest BCUT2D eigenvalue weighted by Crippen LogP contribution is -2.28. The second-order valence-electron chi connectivity index (χ2n) is 5.66. The van der Waals surface area contributed by atoms with Gasteiger partial charge in [0.15, 0.2) is 0 Å². The van der Waals surface area contributed by atoms with E-state index in [1.54, 1.807) is 18.2 Å². The van der Waals surface area contributed by atoms with Crippen molar-refractivity contribution in [3.05, 3.63) is 81.7 Å². The summed E-state index contributed by atoms with van der Waals surface area (Å²) in [5.74, 6) is -0.763. The van der Waals surface area contributed by atoms with E-state index in [2.05, 4.69) is 0 Å². The van der Waals surface area contributed by atoms with Crippen LogP contribution in [0.15, 0.2) is 54.6 Å². The van der Waals surface area contributed by atoms with Crippen molar-refractivity contribution >= 4 is 0 Å². The van der Waals surface area contributed by atoms with E-state index in [0.29, 0.717) is 25.2 Å². The third-order valence-electron chi connectivity index (χ3n) is 4.19. The van der Waals surface area contributed by atoms with Crippen molar-refractivity contribution in [3.8, 4) is 0 Å². The molecular weight excluding hydrogens is 283 g/mol. The molecule has 0 amide bonds. The van der Waals surface area contributed by atoms with Crippen LogP contribution in [-0.2, 0) is 6.54 Å². The molecular formula is C17H17FN2O2. The lowest BCUT2D eigenvalue weighted by molar-refractivity contribution is -0.521. The Morgan fingerprint density at radius 1 is 1.09 bits per heavy atom. The van der Waals surface area contributed by atoms with E-state index < -0.39 is 12.0 Å². The Balaban J connectivity index is 1.81. The van der Waals surface area contributed by atoms with Gasteiger partial charge in [0.05, 0.1) is 12.5 Å². The molecule has 0 aromatic heterocycles. The van der Waals surface area contributed by atoms with E-state index >= 15 is 0 Å². The van der Waals surface area contributed by atoms with Crippen LogP contribution in [-0.4, -0.2) is 29.0 Å². The van der Waals surface area contributed by atoms with Gasteiger partial charge in [0.1, 0.15) is 5.82 Å². The van der Waals surface area contributed by atoms with Gasteiger partial charge in [-0.2, -0.15) is 0 Å². The summed E-state index contributed by atoms with van der Waals surface area (Å²) in [5, 5.41) is 11.4. The monoisotopic (exact) mass is 300 g/mol. The Labute approximate surface area is 128 Å². The number of halogens is 1. The molecule has 22 heavy (non-hydrogen) atoms. The molecule has 1 aliphatic heterocycles. The molecule has 2 aromatic rings. The summed E-state index contributed by atoms with van der Waals surface area (Å²) in [6.45, 7) is 1.50. The van der Waals surface area contributed by atoms with Crippen molar-refractivity contribution in [2.24, 2.45) is 0 Å². The van der Waals surface area contributed by atoms with Crippen molar-refractivity contribution in [1.29, 1.82) is 0 Å². The minimum Gasteiger partial charge on any atom is -0.292 e. The van der Waals surface area contributed by atoms with Gasteiger partial charge in [0.25, 0.3) is 0 Å². The van der Waals surface area contributed by atoms with Crippen LogP contribution in [0.1, 0.15) is 17.0 Å². The molecule has 0 unspecified atom stereocenters. The molecule has 2 atom stereocenters. The molecule has 1 fully saturated rings. The van der Waals surface area contributed by atoms with Gasteiger partial charge in [-0.3, -0.25) is 15.0 Å². The van der Waals surface area contributed by atoms with Crippen LogP contribution in [0.2, 0.25) is 0 Å². The van der Waals surface area contributed by atoms with E-state index in [1.165, 1.54) is 6.07 Å². The standard InChI is InChI=1S/C17H17FN2O2/c18-16-9-5-4-8-14(16)15-11-19(12-17(15)20(21)22)10-13-6-2-1-3-7-13/h1-9,15,17H,10-12H2/t15-,17+/m0/s1. The molecule has 0 radical (unpaired) electrons. The van der Waals surface area contributed by atoms with Crippen LogP contribution >= 0.6 is 0 Å². The van der Waals surface area contributed by atoms with Gasteiger partial charge in [0.2, 0.25) is 6.04 Å². The van der Waals surface area contributed by atoms with Crippen LogP contribution in [0.25, 0.3) is 0 Å². The Kier molecular flexibility index (Phi) is 4.15. The molecule has 4 nitrogen and oxygen atoms in total. The Morgan fingerprint density at radius 3 is 2.45 bits per heavy atom. The first-order valence-corrected chi connectivity index (χ1v) is 7.29. The van der Waals surface area contributed by atoms with E-state index in [9.17, 15) is 14.5 Å². The first kappa shape index (κ1) is 14.7. The molecule has 3 rings (SSSR count). The lowest BCUT2D eigenvalue weighted by atomic mass is 9.94. The number of nitrogens with zero attached hydrogens (tertiary/aromatic N) is 2. The fourth-order valence-electron chi connectivity index (χ4n) is 3.13. The molecule has 1 saturated heterocycles. The summed E-state index contributed by atoms with van der Waals surface area (Å²) >= 11 is 0. The Morgan fingerprint density at radius 2 is 1.77 bits per heavy atom. The molecule has 0 bridgehead atoms. The molecule has 5 heteroatoms. The fourth-order valence-corrected chi connectivity index (χ4v) is 3.13. The molecule has 0 aliphatic carbocycles. The summed E-state index contributed by atoms with van der Waals surface area (Å²) in [7, 11) is 0. The third-order valence-corrected chi connectivity index (χ3v) is 4.19. The van der Waals surface area contributed by atoms with Gasteiger partial charge in [0, 0.05) is 18.0 Å². The molecule has 0 N–H and O–H groups in total. The van der Waals surface area contributed by atoms with E-state index in [-0.39, 0.29) is 10.7 Å². The number of benzene rings is 2. The van der Waals surface area contributed by atoms with Crippen LogP contribution in [0.3, 0.4) is 0 Å². The minimum atomic E-state index is -0.763. The predicted molar refractivity (Wildman–Crippen MR) is 81.6 cm³/mol. The number of hydrogen-bond donors (Lipinski definition) is 0. The van der Waals surface area contributed by atoms with Gasteiger partial charge in [-0.25, -0.2) is 4.39 Å².